The molecule has 10 heteroatoms. The van der Waals surface area contributed by atoms with Gasteiger partial charge in [-0.1, -0.05) is 20.8 Å². The van der Waals surface area contributed by atoms with E-state index < -0.39 is 26.4 Å². The third-order valence-electron chi connectivity index (χ3n) is 6.44. The van der Waals surface area contributed by atoms with Crippen LogP contribution >= 0.6 is 0 Å². The lowest BCUT2D eigenvalue weighted by atomic mass is 9.80. The maximum atomic E-state index is 12.5. The van der Waals surface area contributed by atoms with Crippen LogP contribution in [0.5, 0.6) is 0 Å². The molecule has 0 unspecified atom stereocenters. The Morgan fingerprint density at radius 2 is 1.94 bits per heavy atom. The van der Waals surface area contributed by atoms with Crippen molar-refractivity contribution in [2.45, 2.75) is 71.3 Å². The molecule has 0 aromatic carbocycles. The lowest BCUT2D eigenvalue weighted by Crippen LogP contribution is -2.64. The van der Waals surface area contributed by atoms with Gasteiger partial charge in [0.1, 0.15) is 11.6 Å². The lowest BCUT2D eigenvalue weighted by Gasteiger charge is -2.45. The molecular weight excluding hydrogens is 428 g/mol. The molecule has 0 aliphatic carbocycles. The van der Waals surface area contributed by atoms with Gasteiger partial charge < -0.3 is 19.4 Å². The van der Waals surface area contributed by atoms with Gasteiger partial charge in [-0.05, 0) is 32.0 Å². The molecule has 32 heavy (non-hydrogen) atoms. The van der Waals surface area contributed by atoms with Crippen LogP contribution in [0.15, 0.2) is 0 Å². The summed E-state index contributed by atoms with van der Waals surface area (Å²) < 4.78 is 11.6. The summed E-state index contributed by atoms with van der Waals surface area (Å²) in [6.45, 7) is 14.6. The molecule has 1 saturated heterocycles. The number of nitrogens with zero attached hydrogens (tertiary/aromatic N) is 2. The molecule has 2 N–H and O–H groups in total. The summed E-state index contributed by atoms with van der Waals surface area (Å²) in [5, 5.41) is 10.0. The smallest absolute Gasteiger partial charge is 0.409 e. The molecule has 1 aromatic heterocycles. The van der Waals surface area contributed by atoms with E-state index in [1.807, 2.05) is 19.8 Å². The van der Waals surface area contributed by atoms with E-state index in [4.69, 9.17) is 9.16 Å². The second-order valence-corrected chi connectivity index (χ2v) is 14.8. The lowest BCUT2D eigenvalue weighted by molar-refractivity contribution is -0.137. The molecule has 9 nitrogen and oxygen atoms in total. The SMILES string of the molecule is Cc1[nH]nc(C(=C=O)[C@@H]2NC(=O)[C@@H]2[C@@H](C)O[Si](C)(C)C(C)(C)C)c1CCOC(=O)N(C)C. The van der Waals surface area contributed by atoms with E-state index in [0.717, 1.165) is 11.3 Å². The maximum absolute atomic E-state index is 12.5. The topological polar surface area (TPSA) is 114 Å². The van der Waals surface area contributed by atoms with Gasteiger partial charge in [-0.2, -0.15) is 5.10 Å². The summed E-state index contributed by atoms with van der Waals surface area (Å²) in [5.74, 6) is 1.35. The normalized spacial score (nSPS) is 19.5. The molecule has 178 valence electrons. The molecule has 0 radical (unpaired) electrons. The van der Waals surface area contributed by atoms with E-state index >= 15 is 0 Å². The maximum Gasteiger partial charge on any atom is 0.409 e. The van der Waals surface area contributed by atoms with E-state index in [1.165, 1.54) is 4.90 Å². The van der Waals surface area contributed by atoms with Gasteiger partial charge in [0, 0.05) is 31.8 Å². The Morgan fingerprint density at radius 3 is 2.44 bits per heavy atom. The monoisotopic (exact) mass is 464 g/mol. The Bertz CT molecular complexity index is 912. The molecule has 1 aliphatic rings. The van der Waals surface area contributed by atoms with Crippen molar-refractivity contribution in [2.75, 3.05) is 20.7 Å². The van der Waals surface area contributed by atoms with Crippen LogP contribution in [0, 0.1) is 12.8 Å². The average molecular weight is 465 g/mol. The third-order valence-corrected chi connectivity index (χ3v) is 11.0. The summed E-state index contributed by atoms with van der Waals surface area (Å²) in [6.07, 6.45) is -0.423. The number of hydrogen-bond acceptors (Lipinski definition) is 6. The minimum Gasteiger partial charge on any atom is -0.449 e. The molecule has 1 aliphatic heterocycles. The minimum atomic E-state index is -2.10. The van der Waals surface area contributed by atoms with Gasteiger partial charge in [0.2, 0.25) is 5.91 Å². The molecule has 0 saturated carbocycles. The number of carbonyl (C=O) groups excluding carboxylic acids is 3. The first-order valence-corrected chi connectivity index (χ1v) is 13.7. The van der Waals surface area contributed by atoms with Gasteiger partial charge in [-0.3, -0.25) is 9.89 Å². The Kier molecular flexibility index (Phi) is 7.75. The second-order valence-electron chi connectivity index (χ2n) is 10.0. The number of β-lactam (4-membered cyclic amide) rings is 1. The van der Waals surface area contributed by atoms with E-state index in [0.29, 0.717) is 12.1 Å². The average Bonchev–Trinajstić information content (AvgIpc) is 3.00. The molecule has 3 atom stereocenters. The van der Waals surface area contributed by atoms with E-state index in [-0.39, 0.29) is 29.2 Å². The van der Waals surface area contributed by atoms with Crippen molar-refractivity contribution in [3.8, 4) is 0 Å². The number of nitrogens with one attached hydrogen (secondary N) is 2. The van der Waals surface area contributed by atoms with Crippen LogP contribution < -0.4 is 5.32 Å². The summed E-state index contributed by atoms with van der Waals surface area (Å²) >= 11 is 0. The van der Waals surface area contributed by atoms with Crippen molar-refractivity contribution in [2.24, 2.45) is 5.92 Å². The molecular formula is C22H36N4O5Si. The second kappa shape index (κ2) is 9.60. The fourth-order valence-electron chi connectivity index (χ4n) is 3.45. The fourth-order valence-corrected chi connectivity index (χ4v) is 4.88. The zero-order valence-corrected chi connectivity index (χ0v) is 21.6. The highest BCUT2D eigenvalue weighted by Gasteiger charge is 2.50. The number of ether oxygens (including phenoxy) is 1. The Hall–Kier alpha value is -2.42. The summed E-state index contributed by atoms with van der Waals surface area (Å²) in [7, 11) is 1.11. The first-order chi connectivity index (χ1) is 14.7. The van der Waals surface area contributed by atoms with Gasteiger partial charge in [0.15, 0.2) is 8.32 Å². The highest BCUT2D eigenvalue weighted by atomic mass is 28.4. The number of H-pyrrole nitrogens is 1. The quantitative estimate of drug-likeness (QED) is 0.347. The molecule has 0 spiro atoms. The zero-order valence-electron chi connectivity index (χ0n) is 20.6. The molecule has 1 aromatic rings. The molecule has 2 rings (SSSR count). The Labute approximate surface area is 191 Å². The molecule has 1 fully saturated rings. The van der Waals surface area contributed by atoms with Crippen molar-refractivity contribution in [1.82, 2.24) is 20.4 Å². The first kappa shape index (κ1) is 25.8. The fraction of sp³-hybridized carbons (Fsp3) is 0.682. The van der Waals surface area contributed by atoms with Gasteiger partial charge >= 0.3 is 6.09 Å². The van der Waals surface area contributed by atoms with Crippen molar-refractivity contribution in [1.29, 1.82) is 0 Å². The van der Waals surface area contributed by atoms with Gasteiger partial charge in [0.25, 0.3) is 0 Å². The van der Waals surface area contributed by atoms with Gasteiger partial charge in [-0.25, -0.2) is 9.59 Å². The van der Waals surface area contributed by atoms with Gasteiger partial charge in [0.05, 0.1) is 30.2 Å². The van der Waals surface area contributed by atoms with Crippen LogP contribution in [0.4, 0.5) is 4.79 Å². The number of hydrogen-bond donors (Lipinski definition) is 2. The molecule has 2 amide bonds. The summed E-state index contributed by atoms with van der Waals surface area (Å²) in [5.41, 5.74) is 2.24. The number of carbonyl (C=O) groups is 2. The predicted molar refractivity (Wildman–Crippen MR) is 124 cm³/mol. The third kappa shape index (κ3) is 5.31. The predicted octanol–water partition coefficient (Wildman–Crippen LogP) is 2.70. The van der Waals surface area contributed by atoms with Crippen LogP contribution in [0.25, 0.3) is 5.57 Å². The van der Waals surface area contributed by atoms with Crippen molar-refractivity contribution in [3.63, 3.8) is 0 Å². The van der Waals surface area contributed by atoms with E-state index in [1.54, 1.807) is 14.1 Å². The Balaban J connectivity index is 2.21. The van der Waals surface area contributed by atoms with E-state index in [9.17, 15) is 14.4 Å². The first-order valence-electron chi connectivity index (χ1n) is 10.8. The molecule has 2 heterocycles. The minimum absolute atomic E-state index is 0.00320. The number of rotatable bonds is 8. The number of amides is 2. The van der Waals surface area contributed by atoms with Gasteiger partial charge in [-0.15, -0.1) is 0 Å². The standard InChI is InChI=1S/C22H36N4O5Si/c1-13-15(10-11-30-21(29)26(6)7)18(25-24-13)16(12-27)19-17(20(28)23-19)14(2)31-32(8,9)22(3,4)5/h14,17,19H,10-11H2,1-9H3,(H,23,28)(H,24,25)/t14-,17-,19+/m1/s1. The highest BCUT2D eigenvalue weighted by Crippen LogP contribution is 2.40. The summed E-state index contributed by atoms with van der Waals surface area (Å²) in [6, 6.07) is -0.537. The number of aryl methyl sites for hydroxylation is 1. The molecule has 0 bridgehead atoms. The van der Waals surface area contributed by atoms with Crippen molar-refractivity contribution >= 4 is 31.8 Å². The van der Waals surface area contributed by atoms with Crippen molar-refractivity contribution < 1.29 is 23.5 Å². The van der Waals surface area contributed by atoms with Crippen LogP contribution in [-0.2, 0) is 25.2 Å². The van der Waals surface area contributed by atoms with Crippen LogP contribution in [-0.4, -0.2) is 74.2 Å². The number of aromatic nitrogens is 2. The number of aromatic amines is 1. The zero-order chi connectivity index (χ0) is 24.4. The Morgan fingerprint density at radius 1 is 1.31 bits per heavy atom. The van der Waals surface area contributed by atoms with Crippen molar-refractivity contribution in [3.05, 3.63) is 17.0 Å². The van der Waals surface area contributed by atoms with Crippen LogP contribution in [0.1, 0.15) is 44.6 Å². The highest BCUT2D eigenvalue weighted by molar-refractivity contribution is 6.74. The largest absolute Gasteiger partial charge is 0.449 e. The van der Waals surface area contributed by atoms with Crippen LogP contribution in [0.2, 0.25) is 18.1 Å². The summed E-state index contributed by atoms with van der Waals surface area (Å²) in [4.78, 5) is 37.5. The van der Waals surface area contributed by atoms with Crippen LogP contribution in [0.3, 0.4) is 0 Å². The van der Waals surface area contributed by atoms with E-state index in [2.05, 4.69) is 49.4 Å².